The maximum Gasteiger partial charge on any atom is 0.406 e. The summed E-state index contributed by atoms with van der Waals surface area (Å²) in [7, 11) is 1.25. The lowest BCUT2D eigenvalue weighted by atomic mass is 10.0. The molecule has 0 spiro atoms. The third kappa shape index (κ3) is 6.54. The lowest BCUT2D eigenvalue weighted by Gasteiger charge is -2.27. The molecule has 3 amide bonds. The number of aromatic nitrogens is 3. The lowest BCUT2D eigenvalue weighted by Crippen LogP contribution is -2.51. The summed E-state index contributed by atoms with van der Waals surface area (Å²) in [5.41, 5.74) is 0.246. The van der Waals surface area contributed by atoms with Crippen LogP contribution in [0.1, 0.15) is 40.3 Å². The summed E-state index contributed by atoms with van der Waals surface area (Å²) in [6.07, 6.45) is 0.904. The van der Waals surface area contributed by atoms with Gasteiger partial charge in [-0.3, -0.25) is 9.59 Å². The molecular weight excluding hydrogens is 575 g/mol. The van der Waals surface area contributed by atoms with E-state index in [-0.39, 0.29) is 29.3 Å². The fourth-order valence-electron chi connectivity index (χ4n) is 3.26. The number of nitrogens with zero attached hydrogens (tertiary/aromatic N) is 3. The molecule has 0 aliphatic rings. The van der Waals surface area contributed by atoms with E-state index in [4.69, 9.17) is 23.2 Å². The summed E-state index contributed by atoms with van der Waals surface area (Å²) in [5.74, 6) is -0.795. The third-order valence-electron chi connectivity index (χ3n) is 4.95. The fraction of sp³-hybridized carbons (Fsp3) is 0.261. The minimum Gasteiger partial charge on any atom is -0.453 e. The predicted octanol–water partition coefficient (Wildman–Crippen LogP) is 4.76. The summed E-state index contributed by atoms with van der Waals surface area (Å²) in [6, 6.07) is 7.87. The van der Waals surface area contributed by atoms with E-state index in [1.54, 1.807) is 39.0 Å². The highest BCUT2D eigenvalue weighted by Gasteiger charge is 2.26. The number of hydrogen-bond donors (Lipinski definition) is 3. The van der Waals surface area contributed by atoms with Crippen LogP contribution in [0.4, 0.5) is 10.5 Å². The quantitative estimate of drug-likeness (QED) is 0.360. The molecule has 0 bridgehead atoms. The van der Waals surface area contributed by atoms with Crippen molar-refractivity contribution in [3.05, 3.63) is 68.0 Å². The van der Waals surface area contributed by atoms with Gasteiger partial charge in [0.25, 0.3) is 11.8 Å². The number of carbonyl (C=O) groups excluding carboxylic acids is 3. The van der Waals surface area contributed by atoms with Gasteiger partial charge in [0.2, 0.25) is 0 Å². The molecule has 0 radical (unpaired) electrons. The first kappa shape index (κ1) is 27.4. The van der Waals surface area contributed by atoms with Gasteiger partial charge in [0.1, 0.15) is 10.3 Å². The Kier molecular flexibility index (Phi) is 8.59. The molecule has 0 saturated carbocycles. The number of carbonyl (C=O) groups is 3. The number of amides is 3. The van der Waals surface area contributed by atoms with Crippen molar-refractivity contribution >= 4 is 62.7 Å². The van der Waals surface area contributed by atoms with Gasteiger partial charge in [-0.1, -0.05) is 23.2 Å². The standard InChI is InChI=1S/C23H23BrCl2N6O4/c1-12-8-13(25)9-14(20(33)30-23(2,3)11-28-22(35)36-4)18(12)29-21(34)16-10-17(24)31-32(16)19-15(26)6-5-7-27-19/h5-10H,11H2,1-4H3,(H,28,35)(H,29,34)(H,30,33). The van der Waals surface area contributed by atoms with Crippen molar-refractivity contribution < 1.29 is 19.1 Å². The molecule has 1 aromatic carbocycles. The number of aryl methyl sites for hydroxylation is 1. The van der Waals surface area contributed by atoms with Crippen LogP contribution in [-0.2, 0) is 4.74 Å². The topological polar surface area (TPSA) is 127 Å². The van der Waals surface area contributed by atoms with Crippen molar-refractivity contribution in [2.24, 2.45) is 0 Å². The van der Waals surface area contributed by atoms with Crippen molar-refractivity contribution in [3.63, 3.8) is 0 Å². The van der Waals surface area contributed by atoms with Crippen molar-refractivity contribution in [1.82, 2.24) is 25.4 Å². The molecule has 2 heterocycles. The first-order valence-electron chi connectivity index (χ1n) is 10.5. The van der Waals surface area contributed by atoms with E-state index in [1.165, 1.54) is 30.1 Å². The lowest BCUT2D eigenvalue weighted by molar-refractivity contribution is 0.0910. The van der Waals surface area contributed by atoms with Gasteiger partial charge >= 0.3 is 6.09 Å². The molecule has 10 nitrogen and oxygen atoms in total. The van der Waals surface area contributed by atoms with Gasteiger partial charge in [-0.25, -0.2) is 14.5 Å². The van der Waals surface area contributed by atoms with E-state index in [2.05, 4.69) is 46.7 Å². The largest absolute Gasteiger partial charge is 0.453 e. The maximum absolute atomic E-state index is 13.4. The second-order valence-corrected chi connectivity index (χ2v) is 10.0. The Morgan fingerprint density at radius 1 is 1.17 bits per heavy atom. The van der Waals surface area contributed by atoms with E-state index >= 15 is 0 Å². The molecule has 2 aromatic heterocycles. The van der Waals surface area contributed by atoms with Gasteiger partial charge in [0.05, 0.1) is 28.9 Å². The summed E-state index contributed by atoms with van der Waals surface area (Å²) in [4.78, 5) is 42.2. The molecule has 36 heavy (non-hydrogen) atoms. The van der Waals surface area contributed by atoms with Gasteiger partial charge in [-0.2, -0.15) is 5.10 Å². The van der Waals surface area contributed by atoms with Crippen molar-refractivity contribution in [2.45, 2.75) is 26.3 Å². The first-order chi connectivity index (χ1) is 16.9. The summed E-state index contributed by atoms with van der Waals surface area (Å²) in [5, 5.41) is 13.1. The van der Waals surface area contributed by atoms with Crippen molar-refractivity contribution in [3.8, 4) is 5.82 Å². The van der Waals surface area contributed by atoms with Crippen LogP contribution in [0.15, 0.2) is 41.1 Å². The Morgan fingerprint density at radius 2 is 1.89 bits per heavy atom. The second kappa shape index (κ2) is 11.3. The van der Waals surface area contributed by atoms with E-state index in [0.717, 1.165) is 0 Å². The molecular formula is C23H23BrCl2N6O4. The van der Waals surface area contributed by atoms with E-state index < -0.39 is 23.4 Å². The maximum atomic E-state index is 13.4. The highest BCUT2D eigenvalue weighted by Crippen LogP contribution is 2.28. The summed E-state index contributed by atoms with van der Waals surface area (Å²) in [6.45, 7) is 5.27. The zero-order valence-corrected chi connectivity index (χ0v) is 22.9. The average Bonchev–Trinajstić information content (AvgIpc) is 3.20. The van der Waals surface area contributed by atoms with Crippen LogP contribution >= 0.6 is 39.1 Å². The van der Waals surface area contributed by atoms with Crippen LogP contribution in [0.5, 0.6) is 0 Å². The zero-order valence-electron chi connectivity index (χ0n) is 19.8. The minimum absolute atomic E-state index is 0.102. The second-order valence-electron chi connectivity index (χ2n) is 8.36. The molecule has 3 rings (SSSR count). The number of hydrogen-bond acceptors (Lipinski definition) is 6. The number of alkyl carbamates (subject to hydrolysis) is 1. The Hall–Kier alpha value is -3.15. The van der Waals surface area contributed by atoms with E-state index in [0.29, 0.717) is 20.2 Å². The highest BCUT2D eigenvalue weighted by atomic mass is 79.9. The molecule has 3 N–H and O–H groups in total. The van der Waals surface area contributed by atoms with Crippen LogP contribution in [0.3, 0.4) is 0 Å². The van der Waals surface area contributed by atoms with Crippen LogP contribution in [-0.4, -0.2) is 51.9 Å². The van der Waals surface area contributed by atoms with Gasteiger partial charge in [0, 0.05) is 23.8 Å². The molecule has 0 unspecified atom stereocenters. The smallest absolute Gasteiger partial charge is 0.406 e. The minimum atomic E-state index is -0.845. The number of nitrogens with one attached hydrogen (secondary N) is 3. The Balaban J connectivity index is 1.92. The Morgan fingerprint density at radius 3 is 2.56 bits per heavy atom. The summed E-state index contributed by atoms with van der Waals surface area (Å²) < 4.78 is 6.26. The number of rotatable bonds is 7. The molecule has 0 atom stereocenters. The zero-order chi connectivity index (χ0) is 26.6. The van der Waals surface area contributed by atoms with Crippen molar-refractivity contribution in [1.29, 1.82) is 0 Å². The number of methoxy groups -OCH3 is 1. The number of benzene rings is 1. The normalized spacial score (nSPS) is 11.1. The number of pyridine rings is 1. The van der Waals surface area contributed by atoms with E-state index in [9.17, 15) is 14.4 Å². The third-order valence-corrected chi connectivity index (χ3v) is 5.85. The van der Waals surface area contributed by atoms with Gasteiger partial charge in [-0.05, 0) is 66.5 Å². The number of anilines is 1. The van der Waals surface area contributed by atoms with Crippen LogP contribution in [0, 0.1) is 6.92 Å². The predicted molar refractivity (Wildman–Crippen MR) is 140 cm³/mol. The first-order valence-corrected chi connectivity index (χ1v) is 12.1. The van der Waals surface area contributed by atoms with Crippen LogP contribution in [0.2, 0.25) is 10.0 Å². The Labute approximate surface area is 225 Å². The molecule has 13 heteroatoms. The molecule has 0 aliphatic heterocycles. The Bertz CT molecular complexity index is 1330. The molecule has 190 valence electrons. The molecule has 3 aromatic rings. The van der Waals surface area contributed by atoms with Gasteiger partial charge < -0.3 is 20.7 Å². The van der Waals surface area contributed by atoms with E-state index in [1.807, 2.05) is 0 Å². The molecule has 0 fully saturated rings. The summed E-state index contributed by atoms with van der Waals surface area (Å²) >= 11 is 15.8. The average molecular weight is 598 g/mol. The molecule has 0 saturated heterocycles. The van der Waals surface area contributed by atoms with Gasteiger partial charge in [-0.15, -0.1) is 0 Å². The SMILES string of the molecule is COC(=O)NCC(C)(C)NC(=O)c1cc(Cl)cc(C)c1NC(=O)c1cc(Br)nn1-c1ncccc1Cl. The number of halogens is 3. The van der Waals surface area contributed by atoms with Crippen LogP contribution < -0.4 is 16.0 Å². The monoisotopic (exact) mass is 596 g/mol. The van der Waals surface area contributed by atoms with Gasteiger partial charge in [0.15, 0.2) is 5.82 Å². The van der Waals surface area contributed by atoms with Crippen molar-refractivity contribution in [2.75, 3.05) is 19.0 Å². The fourth-order valence-corrected chi connectivity index (χ4v) is 4.11. The highest BCUT2D eigenvalue weighted by molar-refractivity contribution is 9.10. The number of ether oxygens (including phenoxy) is 1. The van der Waals surface area contributed by atoms with Crippen LogP contribution in [0.25, 0.3) is 5.82 Å². The molecule has 0 aliphatic carbocycles.